The summed E-state index contributed by atoms with van der Waals surface area (Å²) < 4.78 is 0. The summed E-state index contributed by atoms with van der Waals surface area (Å²) in [5.41, 5.74) is 0. The molecule has 0 aliphatic carbocycles. The summed E-state index contributed by atoms with van der Waals surface area (Å²) in [5, 5.41) is 0. The van der Waals surface area contributed by atoms with E-state index in [-0.39, 0.29) is 17.0 Å². The molecule has 3 unspecified atom stereocenters. The van der Waals surface area contributed by atoms with Crippen molar-refractivity contribution in [3.8, 4) is 0 Å². The first-order chi connectivity index (χ1) is 10.8. The maximum atomic E-state index is 2.86. The van der Waals surface area contributed by atoms with Crippen LogP contribution in [0.2, 0.25) is 0 Å². The Bertz CT molecular complexity index is 170. The molecule has 0 saturated heterocycles. The van der Waals surface area contributed by atoms with E-state index < -0.39 is 0 Å². The third kappa shape index (κ3) is 21.7. The summed E-state index contributed by atoms with van der Waals surface area (Å²) in [6.07, 6.45) is 25.7. The van der Waals surface area contributed by atoms with Gasteiger partial charge in [0.25, 0.3) is 0 Å². The lowest BCUT2D eigenvalue weighted by atomic mass is 9.90. The molecule has 0 aromatic carbocycles. The average Bonchev–Trinajstić information content (AvgIpc) is 2.53. The number of unbranched alkanes of at least 4 members (excludes halogenated alkanes) is 9. The van der Waals surface area contributed by atoms with Crippen LogP contribution in [0.3, 0.4) is 0 Å². The van der Waals surface area contributed by atoms with E-state index in [2.05, 4.69) is 27.7 Å². The molecule has 4 heteroatoms. The molecule has 142 valence electrons. The van der Waals surface area contributed by atoms with Crippen molar-refractivity contribution in [3.63, 3.8) is 0 Å². The second-order valence-electron chi connectivity index (χ2n) is 6.84. The molecule has 0 heterocycles. The zero-order valence-electron chi connectivity index (χ0n) is 15.4. The summed E-state index contributed by atoms with van der Waals surface area (Å²) in [4.78, 5) is 0. The van der Waals surface area contributed by atoms with Gasteiger partial charge < -0.3 is 0 Å². The molecular weight excluding hydrogens is 401 g/mol. The monoisotopic (exact) mass is 444 g/mol. The van der Waals surface area contributed by atoms with Gasteiger partial charge in [-0.25, -0.2) is 0 Å². The lowest BCUT2D eigenvalue weighted by Crippen LogP contribution is -2.02. The fourth-order valence-corrected chi connectivity index (χ4v) is 4.09. The highest BCUT2D eigenvalue weighted by atomic mass is 79.9. The molecule has 0 N–H and O–H groups in total. The van der Waals surface area contributed by atoms with Gasteiger partial charge in [0.2, 0.25) is 0 Å². The molecule has 0 aliphatic rings. The van der Waals surface area contributed by atoms with E-state index in [1.807, 2.05) is 0 Å². The maximum Gasteiger partial charge on any atom is -0.0381 e. The first-order valence-electron chi connectivity index (χ1n) is 9.95. The molecule has 0 spiro atoms. The third-order valence-electron chi connectivity index (χ3n) is 4.70. The van der Waals surface area contributed by atoms with Crippen molar-refractivity contribution in [2.75, 3.05) is 18.5 Å². The van der Waals surface area contributed by atoms with E-state index in [4.69, 9.17) is 0 Å². The first kappa shape index (κ1) is 27.0. The lowest BCUT2D eigenvalue weighted by molar-refractivity contribution is 0.368. The van der Waals surface area contributed by atoms with E-state index in [1.165, 1.54) is 115 Å². The van der Waals surface area contributed by atoms with Crippen molar-refractivity contribution in [1.29, 1.82) is 0 Å². The Morgan fingerprint density at radius 3 is 0.913 bits per heavy atom. The van der Waals surface area contributed by atoms with Crippen LogP contribution < -0.4 is 0 Å². The molecule has 0 fully saturated rings. The highest BCUT2D eigenvalue weighted by Crippen LogP contribution is 2.24. The van der Waals surface area contributed by atoms with E-state index in [1.54, 1.807) is 0 Å². The van der Waals surface area contributed by atoms with Crippen molar-refractivity contribution in [2.24, 2.45) is 5.92 Å². The number of rotatable bonds is 18. The van der Waals surface area contributed by atoms with Gasteiger partial charge in [-0.2, -0.15) is 0 Å². The van der Waals surface area contributed by atoms with E-state index in [0.717, 1.165) is 5.92 Å². The predicted molar refractivity (Wildman–Crippen MR) is 127 cm³/mol. The highest BCUT2D eigenvalue weighted by molar-refractivity contribution is 8.93. The predicted octanol–water partition coefficient (Wildman–Crippen LogP) is 7.66. The van der Waals surface area contributed by atoms with Gasteiger partial charge in [0.1, 0.15) is 0 Å². The Balaban J connectivity index is 0. The fraction of sp³-hybridized carbons (Fsp3) is 1.00. The van der Waals surface area contributed by atoms with Crippen LogP contribution in [0.15, 0.2) is 0 Å². The van der Waals surface area contributed by atoms with Crippen LogP contribution in [0.1, 0.15) is 96.3 Å². The summed E-state index contributed by atoms with van der Waals surface area (Å²) in [6, 6.07) is 0. The molecule has 23 heavy (non-hydrogen) atoms. The lowest BCUT2D eigenvalue weighted by Gasteiger charge is -2.17. The molecule has 0 aromatic heterocycles. The second kappa shape index (κ2) is 23.8. The topological polar surface area (TPSA) is 0 Å². The SMILES string of the molecule is Br.PCCCCCCC(CCCCCCP)CCCCCCP. The first-order valence-corrected chi connectivity index (χ1v) is 12.4. The van der Waals surface area contributed by atoms with Crippen LogP contribution in [-0.4, -0.2) is 18.5 Å². The Morgan fingerprint density at radius 1 is 0.391 bits per heavy atom. The standard InChI is InChI=1S/C19H43P3.BrH/c20-16-10-4-1-7-13-19(14-8-2-5-11-17-21)15-9-3-6-12-18-22;/h19H,1-18,20-22H2;1H. The minimum atomic E-state index is 0. The summed E-state index contributed by atoms with van der Waals surface area (Å²) in [5.74, 6) is 1.03. The van der Waals surface area contributed by atoms with Crippen molar-refractivity contribution in [3.05, 3.63) is 0 Å². The normalized spacial score (nSPS) is 11.0. The number of halogens is 1. The molecule has 0 nitrogen and oxygen atoms in total. The summed E-state index contributed by atoms with van der Waals surface area (Å²) >= 11 is 0. The molecule has 0 aliphatic heterocycles. The zero-order chi connectivity index (χ0) is 16.3. The molecule has 0 radical (unpaired) electrons. The van der Waals surface area contributed by atoms with Gasteiger partial charge in [-0.05, 0) is 43.7 Å². The van der Waals surface area contributed by atoms with Gasteiger partial charge >= 0.3 is 0 Å². The quantitative estimate of drug-likeness (QED) is 0.150. The second-order valence-corrected chi connectivity index (χ2v) is 8.57. The Hall–Kier alpha value is 1.77. The average molecular weight is 445 g/mol. The fourth-order valence-electron chi connectivity index (χ4n) is 3.23. The Morgan fingerprint density at radius 2 is 0.652 bits per heavy atom. The van der Waals surface area contributed by atoms with Crippen LogP contribution in [0.4, 0.5) is 0 Å². The highest BCUT2D eigenvalue weighted by Gasteiger charge is 2.08. The molecule has 0 amide bonds. The van der Waals surface area contributed by atoms with Crippen molar-refractivity contribution in [1.82, 2.24) is 0 Å². The molecule has 0 saturated carbocycles. The van der Waals surface area contributed by atoms with Crippen LogP contribution >= 0.6 is 44.7 Å². The van der Waals surface area contributed by atoms with E-state index in [9.17, 15) is 0 Å². The minimum absolute atomic E-state index is 0. The Kier molecular flexibility index (Phi) is 27.9. The van der Waals surface area contributed by atoms with Gasteiger partial charge in [0, 0.05) is 0 Å². The summed E-state index contributed by atoms with van der Waals surface area (Å²) in [6.45, 7) is 0. The largest absolute Gasteiger partial charge is 0.138 e. The van der Waals surface area contributed by atoms with Crippen LogP contribution in [-0.2, 0) is 0 Å². The van der Waals surface area contributed by atoms with Gasteiger partial charge in [-0.15, -0.1) is 44.7 Å². The van der Waals surface area contributed by atoms with Crippen LogP contribution in [0, 0.1) is 5.92 Å². The smallest absolute Gasteiger partial charge is 0.0381 e. The van der Waals surface area contributed by atoms with Gasteiger partial charge in [0.05, 0.1) is 0 Å². The summed E-state index contributed by atoms with van der Waals surface area (Å²) in [7, 11) is 8.57. The molecule has 3 atom stereocenters. The third-order valence-corrected chi connectivity index (χ3v) is 5.92. The van der Waals surface area contributed by atoms with Crippen molar-refractivity contribution in [2.45, 2.75) is 96.3 Å². The number of hydrogen-bond acceptors (Lipinski definition) is 0. The van der Waals surface area contributed by atoms with E-state index in [0.29, 0.717) is 0 Å². The van der Waals surface area contributed by atoms with Crippen molar-refractivity contribution >= 4 is 44.7 Å². The molecule has 0 rings (SSSR count). The van der Waals surface area contributed by atoms with Crippen molar-refractivity contribution < 1.29 is 0 Å². The molecular formula is C19H44BrP3. The van der Waals surface area contributed by atoms with E-state index >= 15 is 0 Å². The van der Waals surface area contributed by atoms with Gasteiger partial charge in [-0.1, -0.05) is 77.0 Å². The van der Waals surface area contributed by atoms with Crippen LogP contribution in [0.5, 0.6) is 0 Å². The zero-order valence-corrected chi connectivity index (χ0v) is 20.6. The van der Waals surface area contributed by atoms with Crippen LogP contribution in [0.25, 0.3) is 0 Å². The number of hydrogen-bond donors (Lipinski definition) is 0. The molecule has 0 bridgehead atoms. The maximum absolute atomic E-state index is 2.86. The minimum Gasteiger partial charge on any atom is -0.138 e. The Labute approximate surface area is 165 Å². The molecule has 0 aromatic rings. The van der Waals surface area contributed by atoms with Gasteiger partial charge in [0.15, 0.2) is 0 Å². The van der Waals surface area contributed by atoms with Gasteiger partial charge in [-0.3, -0.25) is 0 Å².